The molecule has 1 aliphatic heterocycles. The lowest BCUT2D eigenvalue weighted by Gasteiger charge is -2.17. The number of aromatic nitrogens is 3. The molecule has 0 radical (unpaired) electrons. The van der Waals surface area contributed by atoms with E-state index in [9.17, 15) is 9.59 Å². The molecule has 3 aromatic rings. The van der Waals surface area contributed by atoms with E-state index in [4.69, 9.17) is 10.1 Å². The first-order chi connectivity index (χ1) is 13.6. The average Bonchev–Trinajstić information content (AvgIpc) is 3.22. The normalized spacial score (nSPS) is 16.5. The highest BCUT2D eigenvalue weighted by molar-refractivity contribution is 5.96. The van der Waals surface area contributed by atoms with Crippen LogP contribution < -0.4 is 16.4 Å². The van der Waals surface area contributed by atoms with Crippen LogP contribution in [0.4, 0.5) is 0 Å². The number of rotatable bonds is 5. The maximum atomic E-state index is 13.0. The summed E-state index contributed by atoms with van der Waals surface area (Å²) in [5.41, 5.74) is 0.736. The Hall–Kier alpha value is -3.26. The quantitative estimate of drug-likeness (QED) is 0.514. The first-order valence-corrected chi connectivity index (χ1v) is 9.20. The third kappa shape index (κ3) is 3.11. The van der Waals surface area contributed by atoms with Gasteiger partial charge < -0.3 is 14.6 Å². The fraction of sp³-hybridized carbons (Fsp3) is 0.300. The summed E-state index contributed by atoms with van der Waals surface area (Å²) in [6.07, 6.45) is 4.95. The third-order valence-electron chi connectivity index (χ3n) is 4.88. The molecule has 4 heterocycles. The van der Waals surface area contributed by atoms with Crippen LogP contribution in [-0.4, -0.2) is 39.1 Å². The number of carbonyl (C=O) groups is 1. The van der Waals surface area contributed by atoms with Crippen molar-refractivity contribution < 1.29 is 9.53 Å². The van der Waals surface area contributed by atoms with Gasteiger partial charge in [0, 0.05) is 19.3 Å². The van der Waals surface area contributed by atoms with Crippen molar-refractivity contribution >= 4 is 22.6 Å². The molecule has 1 amide bonds. The topological polar surface area (TPSA) is 101 Å². The van der Waals surface area contributed by atoms with Crippen LogP contribution in [0.5, 0.6) is 0 Å². The largest absolute Gasteiger partial charge is 0.376 e. The van der Waals surface area contributed by atoms with E-state index in [0.29, 0.717) is 29.8 Å². The Balaban J connectivity index is 1.99. The fourth-order valence-electron chi connectivity index (χ4n) is 3.49. The van der Waals surface area contributed by atoms with Crippen molar-refractivity contribution in [1.29, 1.82) is 5.41 Å². The highest BCUT2D eigenvalue weighted by Crippen LogP contribution is 2.16. The molecule has 0 saturated carbocycles. The van der Waals surface area contributed by atoms with Crippen molar-refractivity contribution in [2.24, 2.45) is 0 Å². The van der Waals surface area contributed by atoms with Crippen LogP contribution in [0.1, 0.15) is 23.2 Å². The molecule has 2 N–H and O–H groups in total. The zero-order chi connectivity index (χ0) is 19.7. The zero-order valence-corrected chi connectivity index (χ0v) is 15.4. The van der Waals surface area contributed by atoms with E-state index in [1.807, 2.05) is 0 Å². The van der Waals surface area contributed by atoms with Crippen molar-refractivity contribution in [2.75, 3.05) is 13.2 Å². The first-order valence-electron chi connectivity index (χ1n) is 9.20. The summed E-state index contributed by atoms with van der Waals surface area (Å²) >= 11 is 0. The minimum absolute atomic E-state index is 0.0109. The molecule has 1 fully saturated rings. The van der Waals surface area contributed by atoms with Crippen molar-refractivity contribution in [3.63, 3.8) is 0 Å². The number of nitrogens with zero attached hydrogens (tertiary/aromatic N) is 3. The first kappa shape index (κ1) is 18.1. The van der Waals surface area contributed by atoms with Gasteiger partial charge >= 0.3 is 0 Å². The van der Waals surface area contributed by atoms with E-state index < -0.39 is 5.91 Å². The second kappa shape index (κ2) is 7.40. The van der Waals surface area contributed by atoms with E-state index in [0.717, 1.165) is 12.8 Å². The highest BCUT2D eigenvalue weighted by Gasteiger charge is 2.21. The molecule has 8 nitrogen and oxygen atoms in total. The number of ether oxygens (including phenoxy) is 1. The fourth-order valence-corrected chi connectivity index (χ4v) is 3.49. The molecule has 0 bridgehead atoms. The summed E-state index contributed by atoms with van der Waals surface area (Å²) in [7, 11) is 0. The number of fused-ring (bicyclic) bond motifs is 2. The summed E-state index contributed by atoms with van der Waals surface area (Å²) in [6.45, 7) is 4.91. The summed E-state index contributed by atoms with van der Waals surface area (Å²) in [6, 6.07) is 6.75. The number of amides is 1. The SMILES string of the molecule is C=CCNC(=O)c1cc2c(=O)n3ccccc3nc2n(C[C@H]2CCCO2)c1=N. The number of pyridine rings is 2. The Kier molecular flexibility index (Phi) is 4.79. The van der Waals surface area contributed by atoms with Crippen LogP contribution >= 0.6 is 0 Å². The standard InChI is InChI=1S/C20H21N5O3/c1-2-8-22-19(26)14-11-15-18(23-16-7-3-4-9-24(16)20(15)27)25(17(14)21)12-13-6-5-10-28-13/h2-4,7,9,11,13,21H,1,5-6,8,10,12H2,(H,22,26)/t13-/m1/s1. The Morgan fingerprint density at radius 3 is 3.07 bits per heavy atom. The van der Waals surface area contributed by atoms with E-state index >= 15 is 0 Å². The molecule has 0 unspecified atom stereocenters. The second-order valence-electron chi connectivity index (χ2n) is 6.73. The zero-order valence-electron chi connectivity index (χ0n) is 15.4. The van der Waals surface area contributed by atoms with Gasteiger partial charge in [0.2, 0.25) is 0 Å². The van der Waals surface area contributed by atoms with E-state index in [1.165, 1.54) is 10.5 Å². The van der Waals surface area contributed by atoms with Gasteiger partial charge in [-0.2, -0.15) is 0 Å². The molecule has 144 valence electrons. The van der Waals surface area contributed by atoms with E-state index in [2.05, 4.69) is 16.9 Å². The molecule has 28 heavy (non-hydrogen) atoms. The Labute approximate surface area is 160 Å². The van der Waals surface area contributed by atoms with Gasteiger partial charge in [-0.3, -0.25) is 19.4 Å². The molecule has 1 atom stereocenters. The number of hydrogen-bond donors (Lipinski definition) is 2. The smallest absolute Gasteiger partial charge is 0.267 e. The Morgan fingerprint density at radius 2 is 2.32 bits per heavy atom. The lowest BCUT2D eigenvalue weighted by molar-refractivity contribution is 0.0935. The Morgan fingerprint density at radius 1 is 1.46 bits per heavy atom. The second-order valence-corrected chi connectivity index (χ2v) is 6.73. The summed E-state index contributed by atoms with van der Waals surface area (Å²) in [5.74, 6) is -0.426. The average molecular weight is 379 g/mol. The molecular formula is C20H21N5O3. The van der Waals surface area contributed by atoms with E-state index in [1.54, 1.807) is 35.0 Å². The lowest BCUT2D eigenvalue weighted by Crippen LogP contribution is -2.36. The molecular weight excluding hydrogens is 358 g/mol. The number of nitrogens with one attached hydrogen (secondary N) is 2. The molecule has 0 aliphatic carbocycles. The predicted octanol–water partition coefficient (Wildman–Crippen LogP) is 1.22. The van der Waals surface area contributed by atoms with Crippen LogP contribution in [0, 0.1) is 5.41 Å². The minimum Gasteiger partial charge on any atom is -0.376 e. The molecule has 4 rings (SSSR count). The van der Waals surface area contributed by atoms with Crippen LogP contribution in [0.3, 0.4) is 0 Å². The van der Waals surface area contributed by atoms with Crippen LogP contribution in [0.25, 0.3) is 16.7 Å². The Bertz CT molecular complexity index is 1190. The van der Waals surface area contributed by atoms with Gasteiger partial charge in [0.1, 0.15) is 16.8 Å². The summed E-state index contributed by atoms with van der Waals surface area (Å²) in [5, 5.41) is 11.6. The summed E-state index contributed by atoms with van der Waals surface area (Å²) < 4.78 is 8.77. The lowest BCUT2D eigenvalue weighted by atomic mass is 10.1. The van der Waals surface area contributed by atoms with Gasteiger partial charge in [0.25, 0.3) is 11.5 Å². The van der Waals surface area contributed by atoms with Gasteiger partial charge in [-0.05, 0) is 31.0 Å². The van der Waals surface area contributed by atoms with Gasteiger partial charge in [-0.1, -0.05) is 12.1 Å². The molecule has 3 aromatic heterocycles. The van der Waals surface area contributed by atoms with Crippen LogP contribution in [0.2, 0.25) is 0 Å². The molecule has 1 aliphatic rings. The minimum atomic E-state index is -0.426. The van der Waals surface area contributed by atoms with Crippen molar-refractivity contribution in [3.05, 3.63) is 64.5 Å². The number of hydrogen-bond acceptors (Lipinski definition) is 5. The monoisotopic (exact) mass is 379 g/mol. The van der Waals surface area contributed by atoms with Gasteiger partial charge in [-0.15, -0.1) is 6.58 Å². The molecule has 0 aromatic carbocycles. The van der Waals surface area contributed by atoms with E-state index in [-0.39, 0.29) is 29.3 Å². The molecule has 8 heteroatoms. The third-order valence-corrected chi connectivity index (χ3v) is 4.88. The predicted molar refractivity (Wildman–Crippen MR) is 104 cm³/mol. The van der Waals surface area contributed by atoms with Crippen molar-refractivity contribution in [3.8, 4) is 0 Å². The van der Waals surface area contributed by atoms with Crippen LogP contribution in [0.15, 0.2) is 47.9 Å². The van der Waals surface area contributed by atoms with Crippen molar-refractivity contribution in [2.45, 2.75) is 25.5 Å². The maximum Gasteiger partial charge on any atom is 0.267 e. The van der Waals surface area contributed by atoms with Crippen molar-refractivity contribution in [1.82, 2.24) is 19.3 Å². The maximum absolute atomic E-state index is 13.0. The van der Waals surface area contributed by atoms with Crippen LogP contribution in [-0.2, 0) is 11.3 Å². The summed E-state index contributed by atoms with van der Waals surface area (Å²) in [4.78, 5) is 30.2. The molecule has 0 spiro atoms. The van der Waals surface area contributed by atoms with Gasteiger partial charge in [0.15, 0.2) is 0 Å². The highest BCUT2D eigenvalue weighted by atomic mass is 16.5. The van der Waals surface area contributed by atoms with Gasteiger partial charge in [0.05, 0.1) is 23.6 Å². The number of carbonyl (C=O) groups excluding carboxylic acids is 1. The van der Waals surface area contributed by atoms with Gasteiger partial charge in [-0.25, -0.2) is 4.98 Å². The molecule has 1 saturated heterocycles.